The molecule has 2 aromatic rings. The minimum absolute atomic E-state index is 0.0684. The SMILES string of the molecule is O=C(Nc1ccc(F)cc1)N[C@H]1COC2[C@H](C=Cc3ccccc3)CO[C@@H]21. The van der Waals surface area contributed by atoms with Gasteiger partial charge in [0.05, 0.1) is 25.4 Å². The third-order valence-corrected chi connectivity index (χ3v) is 4.85. The normalized spacial score (nSPS) is 26.9. The number of anilines is 1. The van der Waals surface area contributed by atoms with Gasteiger partial charge in [-0.15, -0.1) is 0 Å². The summed E-state index contributed by atoms with van der Waals surface area (Å²) >= 11 is 0. The van der Waals surface area contributed by atoms with Gasteiger partial charge in [0.1, 0.15) is 11.9 Å². The Morgan fingerprint density at radius 2 is 1.74 bits per heavy atom. The Morgan fingerprint density at radius 3 is 2.52 bits per heavy atom. The topological polar surface area (TPSA) is 59.6 Å². The number of carbonyl (C=O) groups is 1. The molecular weight excluding hydrogens is 347 g/mol. The standard InChI is InChI=1S/C21H21FN2O3/c22-16-8-10-17(11-9-16)23-21(25)24-18-13-27-19-15(12-26-20(18)19)7-6-14-4-2-1-3-5-14/h1-11,15,18-20H,12-13H2,(H2,23,24,25)/t15-,18+,19?,20-/m1/s1. The molecule has 5 nitrogen and oxygen atoms in total. The number of benzene rings is 2. The second-order valence-electron chi connectivity index (χ2n) is 6.74. The molecule has 0 aromatic heterocycles. The molecule has 2 amide bonds. The van der Waals surface area contributed by atoms with Crippen LogP contribution in [0.2, 0.25) is 0 Å². The van der Waals surface area contributed by atoms with Gasteiger partial charge in [-0.1, -0.05) is 42.5 Å². The van der Waals surface area contributed by atoms with Crippen LogP contribution in [0.25, 0.3) is 6.08 Å². The van der Waals surface area contributed by atoms with Crippen LogP contribution in [0.3, 0.4) is 0 Å². The average Bonchev–Trinajstić information content (AvgIpc) is 3.26. The third kappa shape index (κ3) is 4.18. The van der Waals surface area contributed by atoms with Crippen LogP contribution in [0.15, 0.2) is 60.7 Å². The molecule has 2 heterocycles. The summed E-state index contributed by atoms with van der Waals surface area (Å²) < 4.78 is 24.7. The van der Waals surface area contributed by atoms with Crippen molar-refractivity contribution in [2.75, 3.05) is 18.5 Å². The predicted molar refractivity (Wildman–Crippen MR) is 101 cm³/mol. The van der Waals surface area contributed by atoms with Gasteiger partial charge in [0.15, 0.2) is 0 Å². The van der Waals surface area contributed by atoms with Crippen molar-refractivity contribution in [2.45, 2.75) is 18.2 Å². The summed E-state index contributed by atoms with van der Waals surface area (Å²) in [5, 5.41) is 5.58. The van der Waals surface area contributed by atoms with Crippen LogP contribution in [0, 0.1) is 11.7 Å². The summed E-state index contributed by atoms with van der Waals surface area (Å²) in [6.07, 6.45) is 3.94. The number of hydrogen-bond acceptors (Lipinski definition) is 3. The number of urea groups is 1. The van der Waals surface area contributed by atoms with E-state index >= 15 is 0 Å². The molecule has 27 heavy (non-hydrogen) atoms. The van der Waals surface area contributed by atoms with Gasteiger partial charge in [0.2, 0.25) is 0 Å². The molecule has 6 heteroatoms. The molecule has 4 rings (SSSR count). The molecule has 2 aromatic carbocycles. The van der Waals surface area contributed by atoms with E-state index in [1.807, 2.05) is 30.3 Å². The van der Waals surface area contributed by atoms with Gasteiger partial charge in [-0.25, -0.2) is 9.18 Å². The van der Waals surface area contributed by atoms with E-state index in [1.54, 1.807) is 0 Å². The zero-order chi connectivity index (χ0) is 18.6. The van der Waals surface area contributed by atoms with Gasteiger partial charge in [-0.05, 0) is 29.8 Å². The average molecular weight is 368 g/mol. The number of halogens is 1. The van der Waals surface area contributed by atoms with Crippen molar-refractivity contribution in [3.05, 3.63) is 72.1 Å². The Bertz CT molecular complexity index is 810. The first-order valence-corrected chi connectivity index (χ1v) is 8.98. The van der Waals surface area contributed by atoms with E-state index in [-0.39, 0.29) is 36.0 Å². The van der Waals surface area contributed by atoms with E-state index in [9.17, 15) is 9.18 Å². The highest BCUT2D eigenvalue weighted by Crippen LogP contribution is 2.32. The molecule has 2 aliphatic rings. The number of fused-ring (bicyclic) bond motifs is 1. The number of carbonyl (C=O) groups excluding carboxylic acids is 1. The van der Waals surface area contributed by atoms with Crippen LogP contribution in [0.5, 0.6) is 0 Å². The Kier molecular flexibility index (Phi) is 5.18. The van der Waals surface area contributed by atoms with Crippen LogP contribution in [0.1, 0.15) is 5.56 Å². The second-order valence-corrected chi connectivity index (χ2v) is 6.74. The van der Waals surface area contributed by atoms with Gasteiger partial charge in [-0.3, -0.25) is 0 Å². The molecule has 0 bridgehead atoms. The molecular formula is C21H21FN2O3. The number of amides is 2. The maximum Gasteiger partial charge on any atom is 0.319 e. The Labute approximate surface area is 157 Å². The maximum atomic E-state index is 12.9. The maximum absolute atomic E-state index is 12.9. The van der Waals surface area contributed by atoms with E-state index in [1.165, 1.54) is 24.3 Å². The Hall–Kier alpha value is -2.70. The second kappa shape index (κ2) is 7.90. The first-order chi connectivity index (χ1) is 13.2. The summed E-state index contributed by atoms with van der Waals surface area (Å²) in [6, 6.07) is 15.1. The molecule has 140 valence electrons. The number of hydrogen-bond donors (Lipinski definition) is 2. The predicted octanol–water partition coefficient (Wildman–Crippen LogP) is 3.44. The monoisotopic (exact) mass is 368 g/mol. The molecule has 2 fully saturated rings. The minimum atomic E-state index is -0.359. The summed E-state index contributed by atoms with van der Waals surface area (Å²) in [6.45, 7) is 0.971. The quantitative estimate of drug-likeness (QED) is 0.869. The smallest absolute Gasteiger partial charge is 0.319 e. The first-order valence-electron chi connectivity index (χ1n) is 8.98. The fraction of sp³-hybridized carbons (Fsp3) is 0.286. The lowest BCUT2D eigenvalue weighted by molar-refractivity contribution is 0.0662. The lowest BCUT2D eigenvalue weighted by Gasteiger charge is -2.18. The van der Waals surface area contributed by atoms with Gasteiger partial charge >= 0.3 is 6.03 Å². The molecule has 0 aliphatic carbocycles. The van der Waals surface area contributed by atoms with Crippen molar-refractivity contribution < 1.29 is 18.7 Å². The van der Waals surface area contributed by atoms with Crippen molar-refractivity contribution >= 4 is 17.8 Å². The molecule has 1 unspecified atom stereocenters. The van der Waals surface area contributed by atoms with E-state index in [0.717, 1.165) is 5.56 Å². The van der Waals surface area contributed by atoms with Crippen molar-refractivity contribution in [2.24, 2.45) is 5.92 Å². The van der Waals surface area contributed by atoms with Crippen LogP contribution in [-0.4, -0.2) is 37.5 Å². The van der Waals surface area contributed by atoms with E-state index < -0.39 is 0 Å². The molecule has 0 radical (unpaired) electrons. The van der Waals surface area contributed by atoms with Crippen molar-refractivity contribution in [3.8, 4) is 0 Å². The zero-order valence-corrected chi connectivity index (χ0v) is 14.7. The van der Waals surface area contributed by atoms with Gasteiger partial charge in [-0.2, -0.15) is 0 Å². The summed E-state index contributed by atoms with van der Waals surface area (Å²) in [5.41, 5.74) is 1.66. The molecule has 2 aliphatic heterocycles. The minimum Gasteiger partial charge on any atom is -0.373 e. The number of rotatable bonds is 4. The fourth-order valence-electron chi connectivity index (χ4n) is 3.49. The van der Waals surface area contributed by atoms with Gasteiger partial charge < -0.3 is 20.1 Å². The highest BCUT2D eigenvalue weighted by Gasteiger charge is 2.47. The van der Waals surface area contributed by atoms with E-state index in [2.05, 4.69) is 22.8 Å². The largest absolute Gasteiger partial charge is 0.373 e. The van der Waals surface area contributed by atoms with Crippen LogP contribution in [-0.2, 0) is 9.47 Å². The van der Waals surface area contributed by atoms with Crippen LogP contribution >= 0.6 is 0 Å². The fourth-order valence-corrected chi connectivity index (χ4v) is 3.49. The molecule has 2 N–H and O–H groups in total. The lowest BCUT2D eigenvalue weighted by atomic mass is 9.99. The summed E-state index contributed by atoms with van der Waals surface area (Å²) in [5.74, 6) is -0.191. The molecule has 0 saturated carbocycles. The van der Waals surface area contributed by atoms with Crippen molar-refractivity contribution in [3.63, 3.8) is 0 Å². The Balaban J connectivity index is 1.32. The zero-order valence-electron chi connectivity index (χ0n) is 14.7. The molecule has 4 atom stereocenters. The van der Waals surface area contributed by atoms with Gasteiger partial charge in [0, 0.05) is 11.6 Å². The van der Waals surface area contributed by atoms with Gasteiger partial charge in [0.25, 0.3) is 0 Å². The first kappa shape index (κ1) is 17.7. The molecule has 0 spiro atoms. The van der Waals surface area contributed by atoms with Crippen molar-refractivity contribution in [1.29, 1.82) is 0 Å². The Morgan fingerprint density at radius 1 is 1.00 bits per heavy atom. The lowest BCUT2D eigenvalue weighted by Crippen LogP contribution is -2.45. The molecule has 2 saturated heterocycles. The highest BCUT2D eigenvalue weighted by molar-refractivity contribution is 5.89. The van der Waals surface area contributed by atoms with E-state index in [0.29, 0.717) is 18.9 Å². The van der Waals surface area contributed by atoms with Crippen molar-refractivity contribution in [1.82, 2.24) is 5.32 Å². The third-order valence-electron chi connectivity index (χ3n) is 4.85. The highest BCUT2D eigenvalue weighted by atomic mass is 19.1. The number of nitrogens with one attached hydrogen (secondary N) is 2. The number of ether oxygens (including phenoxy) is 2. The summed E-state index contributed by atoms with van der Waals surface area (Å²) in [7, 11) is 0. The summed E-state index contributed by atoms with van der Waals surface area (Å²) in [4.78, 5) is 12.2. The van der Waals surface area contributed by atoms with Crippen LogP contribution in [0.4, 0.5) is 14.9 Å². The van der Waals surface area contributed by atoms with E-state index in [4.69, 9.17) is 9.47 Å². The van der Waals surface area contributed by atoms with Crippen LogP contribution < -0.4 is 10.6 Å².